The molecule has 1 amide bonds. The SMILES string of the molecule is CC(C)C[C@H](NS(=O)C(C)(C)C)c1cc(C(F)(F)F)ccc1N1CCN(C(=O)C(C)(C)Cc2ccc(Cl)cc2)CC1. The smallest absolute Gasteiger partial charge is 0.368 e. The number of hydrogen-bond donors (Lipinski definition) is 1. The maximum Gasteiger partial charge on any atom is 0.416 e. The van der Waals surface area contributed by atoms with Crippen LogP contribution in [0.1, 0.15) is 77.6 Å². The number of hydrogen-bond acceptors (Lipinski definition) is 3. The molecule has 1 saturated heterocycles. The molecule has 2 atom stereocenters. The molecule has 2 aromatic carbocycles. The highest BCUT2D eigenvalue weighted by Gasteiger charge is 2.36. The van der Waals surface area contributed by atoms with E-state index in [1.54, 1.807) is 0 Å². The van der Waals surface area contributed by atoms with Crippen LogP contribution >= 0.6 is 11.6 Å². The molecular formula is C31H43ClF3N3O2S. The van der Waals surface area contributed by atoms with E-state index in [4.69, 9.17) is 11.6 Å². The normalized spacial score (nSPS) is 16.7. The van der Waals surface area contributed by atoms with Crippen LogP contribution in [-0.4, -0.2) is 45.9 Å². The summed E-state index contributed by atoms with van der Waals surface area (Å²) in [5, 5.41) is 0.645. The van der Waals surface area contributed by atoms with Gasteiger partial charge < -0.3 is 9.80 Å². The molecule has 228 valence electrons. The lowest BCUT2D eigenvalue weighted by atomic mass is 9.84. The first-order chi connectivity index (χ1) is 18.9. The maximum absolute atomic E-state index is 13.8. The van der Waals surface area contributed by atoms with E-state index in [0.29, 0.717) is 55.3 Å². The molecule has 0 saturated carbocycles. The third kappa shape index (κ3) is 8.94. The van der Waals surface area contributed by atoms with Crippen LogP contribution in [0.15, 0.2) is 42.5 Å². The van der Waals surface area contributed by atoms with E-state index in [1.165, 1.54) is 12.1 Å². The highest BCUT2D eigenvalue weighted by molar-refractivity contribution is 7.84. The summed E-state index contributed by atoms with van der Waals surface area (Å²) in [6.45, 7) is 15.2. The van der Waals surface area contributed by atoms with Gasteiger partial charge in [-0.05, 0) is 81.0 Å². The van der Waals surface area contributed by atoms with Crippen LogP contribution < -0.4 is 9.62 Å². The van der Waals surface area contributed by atoms with Gasteiger partial charge in [-0.25, -0.2) is 8.93 Å². The van der Waals surface area contributed by atoms with E-state index < -0.39 is 38.9 Å². The van der Waals surface area contributed by atoms with Crippen molar-refractivity contribution in [2.45, 2.75) is 78.3 Å². The molecule has 0 bridgehead atoms. The number of nitrogens with one attached hydrogen (secondary N) is 1. The van der Waals surface area contributed by atoms with Crippen LogP contribution in [-0.2, 0) is 28.4 Å². The lowest BCUT2D eigenvalue weighted by Crippen LogP contribution is -2.53. The summed E-state index contributed by atoms with van der Waals surface area (Å²) in [5.41, 5.74) is 0.825. The third-order valence-electron chi connectivity index (χ3n) is 7.29. The van der Waals surface area contributed by atoms with Crippen molar-refractivity contribution < 1.29 is 22.2 Å². The molecule has 1 unspecified atom stereocenters. The summed E-state index contributed by atoms with van der Waals surface area (Å²) < 4.78 is 57.0. The molecule has 1 N–H and O–H groups in total. The quantitative estimate of drug-likeness (QED) is 0.320. The average molecular weight is 614 g/mol. The predicted molar refractivity (Wildman–Crippen MR) is 162 cm³/mol. The minimum atomic E-state index is -4.50. The average Bonchev–Trinajstić information content (AvgIpc) is 2.87. The van der Waals surface area contributed by atoms with Gasteiger partial charge in [-0.2, -0.15) is 13.2 Å². The maximum atomic E-state index is 13.8. The van der Waals surface area contributed by atoms with Gasteiger partial charge in [0.05, 0.1) is 21.3 Å². The largest absolute Gasteiger partial charge is 0.416 e. The van der Waals surface area contributed by atoms with Crippen molar-refractivity contribution in [1.29, 1.82) is 0 Å². The first-order valence-electron chi connectivity index (χ1n) is 14.1. The molecule has 2 aromatic rings. The molecule has 0 aliphatic carbocycles. The number of benzene rings is 2. The first-order valence-corrected chi connectivity index (χ1v) is 15.6. The van der Waals surface area contributed by atoms with E-state index in [1.807, 2.05) is 82.5 Å². The monoisotopic (exact) mass is 613 g/mol. The first kappa shape index (κ1) is 33.4. The van der Waals surface area contributed by atoms with Crippen LogP contribution in [0.25, 0.3) is 0 Å². The third-order valence-corrected chi connectivity index (χ3v) is 9.15. The predicted octanol–water partition coefficient (Wildman–Crippen LogP) is 7.42. The minimum absolute atomic E-state index is 0.0414. The van der Waals surface area contributed by atoms with Crippen molar-refractivity contribution in [3.8, 4) is 0 Å². The standard InChI is InChI=1S/C31H43ClF3N3O2S/c1-21(2)18-26(36-41(40)29(3,4)5)25-19-23(31(33,34)35)10-13-27(25)37-14-16-38(17-15-37)28(39)30(6,7)20-22-8-11-24(32)12-9-22/h8-13,19,21,26,36H,14-18,20H2,1-7H3/t26-,41?/m0/s1. The fourth-order valence-electron chi connectivity index (χ4n) is 5.08. The van der Waals surface area contributed by atoms with Crippen molar-refractivity contribution >= 4 is 34.2 Å². The summed E-state index contributed by atoms with van der Waals surface area (Å²) in [7, 11) is -1.48. The van der Waals surface area contributed by atoms with Gasteiger partial charge in [-0.15, -0.1) is 0 Å². The summed E-state index contributed by atoms with van der Waals surface area (Å²) >= 11 is 6.01. The molecule has 1 aliphatic rings. The Bertz CT molecular complexity index is 1220. The Kier molecular flexibility index (Phi) is 10.6. The van der Waals surface area contributed by atoms with Crippen molar-refractivity contribution in [3.63, 3.8) is 0 Å². The molecule has 1 fully saturated rings. The molecule has 41 heavy (non-hydrogen) atoms. The number of carbonyl (C=O) groups excluding carboxylic acids is 1. The molecule has 3 rings (SSSR count). The van der Waals surface area contributed by atoms with Gasteiger partial charge in [0, 0.05) is 48.3 Å². The van der Waals surface area contributed by atoms with E-state index in [9.17, 15) is 22.2 Å². The fraction of sp³-hybridized carbons (Fsp3) is 0.581. The Morgan fingerprint density at radius 2 is 1.56 bits per heavy atom. The zero-order chi connectivity index (χ0) is 30.8. The second kappa shape index (κ2) is 13.0. The second-order valence-corrected chi connectivity index (χ2v) is 15.4. The van der Waals surface area contributed by atoms with E-state index in [0.717, 1.165) is 11.6 Å². The zero-order valence-electron chi connectivity index (χ0n) is 25.1. The van der Waals surface area contributed by atoms with Gasteiger partial charge in [0.1, 0.15) is 0 Å². The van der Waals surface area contributed by atoms with Gasteiger partial charge >= 0.3 is 6.18 Å². The fourth-order valence-corrected chi connectivity index (χ4v) is 6.04. The Morgan fingerprint density at radius 1 is 0.976 bits per heavy atom. The number of anilines is 1. The van der Waals surface area contributed by atoms with Crippen LogP contribution in [0, 0.1) is 11.3 Å². The Labute approximate surface area is 250 Å². The molecule has 10 heteroatoms. The van der Waals surface area contributed by atoms with Crippen LogP contribution in [0.3, 0.4) is 0 Å². The summed E-state index contributed by atoms with van der Waals surface area (Å²) in [5.74, 6) is 0.198. The van der Waals surface area contributed by atoms with Crippen LogP contribution in [0.4, 0.5) is 18.9 Å². The van der Waals surface area contributed by atoms with Crippen molar-refractivity contribution in [2.24, 2.45) is 11.3 Å². The topological polar surface area (TPSA) is 52.7 Å². The Hall–Kier alpha value is -2.10. The van der Waals surface area contributed by atoms with Crippen molar-refractivity contribution in [1.82, 2.24) is 9.62 Å². The Morgan fingerprint density at radius 3 is 2.07 bits per heavy atom. The van der Waals surface area contributed by atoms with Crippen LogP contribution in [0.5, 0.6) is 0 Å². The lowest BCUT2D eigenvalue weighted by molar-refractivity contribution is -0.140. The number of nitrogens with zero attached hydrogens (tertiary/aromatic N) is 2. The highest BCUT2D eigenvalue weighted by Crippen LogP contribution is 2.38. The minimum Gasteiger partial charge on any atom is -0.368 e. The number of amides is 1. The van der Waals surface area contributed by atoms with Crippen LogP contribution in [0.2, 0.25) is 5.02 Å². The lowest BCUT2D eigenvalue weighted by Gasteiger charge is -2.41. The van der Waals surface area contributed by atoms with Gasteiger partial charge in [0.2, 0.25) is 5.91 Å². The number of halogens is 4. The van der Waals surface area contributed by atoms with Gasteiger partial charge in [-0.3, -0.25) is 4.79 Å². The van der Waals surface area contributed by atoms with Gasteiger partial charge in [0.25, 0.3) is 0 Å². The van der Waals surface area contributed by atoms with E-state index in [2.05, 4.69) is 4.72 Å². The van der Waals surface area contributed by atoms with Crippen molar-refractivity contribution in [2.75, 3.05) is 31.1 Å². The molecular weight excluding hydrogens is 571 g/mol. The molecule has 0 aromatic heterocycles. The summed E-state index contributed by atoms with van der Waals surface area (Å²) in [6, 6.07) is 10.8. The molecule has 0 radical (unpaired) electrons. The molecule has 1 aliphatic heterocycles. The van der Waals surface area contributed by atoms with Gasteiger partial charge in [-0.1, -0.05) is 51.4 Å². The number of carbonyl (C=O) groups is 1. The molecule has 0 spiro atoms. The summed E-state index contributed by atoms with van der Waals surface area (Å²) in [4.78, 5) is 17.4. The highest BCUT2D eigenvalue weighted by atomic mass is 35.5. The van der Waals surface area contributed by atoms with Gasteiger partial charge in [0.15, 0.2) is 0 Å². The summed E-state index contributed by atoms with van der Waals surface area (Å²) in [6.07, 6.45) is -3.41. The molecule has 5 nitrogen and oxygen atoms in total. The van der Waals surface area contributed by atoms with E-state index >= 15 is 0 Å². The number of piperazine rings is 1. The zero-order valence-corrected chi connectivity index (χ0v) is 26.6. The molecule has 1 heterocycles. The van der Waals surface area contributed by atoms with E-state index in [-0.39, 0.29) is 11.8 Å². The number of rotatable bonds is 9. The number of alkyl halides is 3. The van der Waals surface area contributed by atoms with Crippen molar-refractivity contribution in [3.05, 3.63) is 64.2 Å². The second-order valence-electron chi connectivity index (χ2n) is 12.9. The Balaban J connectivity index is 1.85.